The lowest BCUT2D eigenvalue weighted by atomic mass is 9.90. The smallest absolute Gasteiger partial charge is 0.239 e. The van der Waals surface area contributed by atoms with Crippen LogP contribution in [-0.2, 0) is 4.79 Å². The van der Waals surface area contributed by atoms with Crippen molar-refractivity contribution >= 4 is 5.91 Å². The second kappa shape index (κ2) is 5.83. The molecule has 1 unspecified atom stereocenters. The van der Waals surface area contributed by atoms with Crippen molar-refractivity contribution in [2.24, 2.45) is 5.41 Å². The standard InChI is InChI=1S/C13H27N3O/c1-13(2,9-15(4)5)10-16-8-6-7-11(14-3)12(16)17/h11,14H,6-10H2,1-5H3. The number of carbonyl (C=O) groups is 1. The van der Waals surface area contributed by atoms with Gasteiger partial charge in [0.15, 0.2) is 0 Å². The molecule has 1 amide bonds. The lowest BCUT2D eigenvalue weighted by Gasteiger charge is -2.38. The molecule has 1 N–H and O–H groups in total. The van der Waals surface area contributed by atoms with Gasteiger partial charge in [-0.2, -0.15) is 0 Å². The molecular formula is C13H27N3O. The third-order valence-corrected chi connectivity index (χ3v) is 3.24. The highest BCUT2D eigenvalue weighted by atomic mass is 16.2. The van der Waals surface area contributed by atoms with Crippen LogP contribution in [0.4, 0.5) is 0 Å². The van der Waals surface area contributed by atoms with Crippen molar-refractivity contribution in [2.45, 2.75) is 32.7 Å². The molecule has 0 aromatic heterocycles. The average Bonchev–Trinajstić information content (AvgIpc) is 2.19. The van der Waals surface area contributed by atoms with E-state index in [0.29, 0.717) is 0 Å². The molecule has 0 radical (unpaired) electrons. The van der Waals surface area contributed by atoms with Gasteiger partial charge in [-0.05, 0) is 39.4 Å². The van der Waals surface area contributed by atoms with Gasteiger partial charge in [0.2, 0.25) is 5.91 Å². The molecule has 4 nitrogen and oxygen atoms in total. The summed E-state index contributed by atoms with van der Waals surface area (Å²) in [6.07, 6.45) is 2.08. The summed E-state index contributed by atoms with van der Waals surface area (Å²) in [5, 5.41) is 3.11. The Balaban J connectivity index is 2.58. The molecule has 0 aromatic rings. The van der Waals surface area contributed by atoms with E-state index in [-0.39, 0.29) is 17.4 Å². The van der Waals surface area contributed by atoms with Crippen molar-refractivity contribution in [3.63, 3.8) is 0 Å². The van der Waals surface area contributed by atoms with Crippen molar-refractivity contribution < 1.29 is 4.79 Å². The molecule has 0 saturated carbocycles. The maximum atomic E-state index is 12.2. The third-order valence-electron chi connectivity index (χ3n) is 3.24. The summed E-state index contributed by atoms with van der Waals surface area (Å²) in [6.45, 7) is 7.21. The van der Waals surface area contributed by atoms with Crippen LogP contribution in [-0.4, -0.2) is 62.5 Å². The molecule has 1 atom stereocenters. The largest absolute Gasteiger partial charge is 0.341 e. The van der Waals surface area contributed by atoms with Gasteiger partial charge in [-0.3, -0.25) is 4.79 Å². The van der Waals surface area contributed by atoms with E-state index in [4.69, 9.17) is 0 Å². The predicted molar refractivity (Wildman–Crippen MR) is 71.0 cm³/mol. The molecule has 1 heterocycles. The monoisotopic (exact) mass is 241 g/mol. The molecule has 1 aliphatic heterocycles. The molecule has 0 aliphatic carbocycles. The van der Waals surface area contributed by atoms with Gasteiger partial charge in [-0.25, -0.2) is 0 Å². The van der Waals surface area contributed by atoms with Gasteiger partial charge >= 0.3 is 0 Å². The lowest BCUT2D eigenvalue weighted by molar-refractivity contribution is -0.137. The summed E-state index contributed by atoms with van der Waals surface area (Å²) in [5.41, 5.74) is 0.148. The van der Waals surface area contributed by atoms with Crippen LogP contribution in [0.25, 0.3) is 0 Å². The van der Waals surface area contributed by atoms with Crippen LogP contribution >= 0.6 is 0 Å². The van der Waals surface area contributed by atoms with Crippen molar-refractivity contribution in [3.05, 3.63) is 0 Å². The zero-order valence-electron chi connectivity index (χ0n) is 11.9. The van der Waals surface area contributed by atoms with E-state index in [0.717, 1.165) is 32.5 Å². The Morgan fingerprint density at radius 1 is 1.47 bits per heavy atom. The first-order valence-electron chi connectivity index (χ1n) is 6.46. The van der Waals surface area contributed by atoms with Gasteiger partial charge in [0.25, 0.3) is 0 Å². The van der Waals surface area contributed by atoms with E-state index >= 15 is 0 Å². The van der Waals surface area contributed by atoms with Gasteiger partial charge in [-0.15, -0.1) is 0 Å². The van der Waals surface area contributed by atoms with Gasteiger partial charge in [0.05, 0.1) is 6.04 Å². The summed E-state index contributed by atoms with van der Waals surface area (Å²) in [6, 6.07) is 0.0268. The molecule has 1 rings (SSSR count). The Morgan fingerprint density at radius 2 is 2.12 bits per heavy atom. The number of nitrogens with one attached hydrogen (secondary N) is 1. The molecule has 4 heteroatoms. The number of hydrogen-bond acceptors (Lipinski definition) is 3. The number of hydrogen-bond donors (Lipinski definition) is 1. The van der Waals surface area contributed by atoms with Crippen LogP contribution in [0.3, 0.4) is 0 Å². The Morgan fingerprint density at radius 3 is 2.65 bits per heavy atom. The van der Waals surface area contributed by atoms with Crippen LogP contribution in [0.15, 0.2) is 0 Å². The highest BCUT2D eigenvalue weighted by Crippen LogP contribution is 2.21. The van der Waals surface area contributed by atoms with Gasteiger partial charge in [0, 0.05) is 19.6 Å². The first kappa shape index (κ1) is 14.5. The van der Waals surface area contributed by atoms with E-state index in [9.17, 15) is 4.79 Å². The number of carbonyl (C=O) groups excluding carboxylic acids is 1. The highest BCUT2D eigenvalue weighted by Gasteiger charge is 2.31. The van der Waals surface area contributed by atoms with Crippen LogP contribution < -0.4 is 5.32 Å². The number of likely N-dealkylation sites (N-methyl/N-ethyl adjacent to an activating group) is 1. The van der Waals surface area contributed by atoms with Crippen LogP contribution in [0.2, 0.25) is 0 Å². The topological polar surface area (TPSA) is 35.6 Å². The number of likely N-dealkylation sites (tertiary alicyclic amines) is 1. The Labute approximate surface area is 105 Å². The Kier molecular flexibility index (Phi) is 4.95. The molecule has 0 aromatic carbocycles. The maximum absolute atomic E-state index is 12.2. The molecule has 100 valence electrons. The fourth-order valence-electron chi connectivity index (χ4n) is 2.79. The molecule has 1 aliphatic rings. The summed E-state index contributed by atoms with van der Waals surface area (Å²) >= 11 is 0. The molecular weight excluding hydrogens is 214 g/mol. The first-order valence-corrected chi connectivity index (χ1v) is 6.46. The summed E-state index contributed by atoms with van der Waals surface area (Å²) in [7, 11) is 6.03. The number of piperidine rings is 1. The summed E-state index contributed by atoms with van der Waals surface area (Å²) < 4.78 is 0. The summed E-state index contributed by atoms with van der Waals surface area (Å²) in [4.78, 5) is 16.4. The predicted octanol–water partition coefficient (Wildman–Crippen LogP) is 0.785. The molecule has 0 spiro atoms. The zero-order chi connectivity index (χ0) is 13.1. The highest BCUT2D eigenvalue weighted by molar-refractivity contribution is 5.82. The molecule has 1 fully saturated rings. The average molecular weight is 241 g/mol. The number of nitrogens with zero attached hydrogens (tertiary/aromatic N) is 2. The fraction of sp³-hybridized carbons (Fsp3) is 0.923. The first-order chi connectivity index (χ1) is 7.85. The van der Waals surface area contributed by atoms with Crippen molar-refractivity contribution in [1.29, 1.82) is 0 Å². The van der Waals surface area contributed by atoms with Gasteiger partial charge in [-0.1, -0.05) is 13.8 Å². The maximum Gasteiger partial charge on any atom is 0.239 e. The van der Waals surface area contributed by atoms with Crippen molar-refractivity contribution in [2.75, 3.05) is 40.8 Å². The van der Waals surface area contributed by atoms with Gasteiger partial charge < -0.3 is 15.1 Å². The molecule has 1 saturated heterocycles. The minimum Gasteiger partial charge on any atom is -0.341 e. The number of amides is 1. The molecule has 17 heavy (non-hydrogen) atoms. The van der Waals surface area contributed by atoms with E-state index < -0.39 is 0 Å². The minimum absolute atomic E-state index is 0.0268. The number of rotatable bonds is 5. The van der Waals surface area contributed by atoms with E-state index in [1.807, 2.05) is 11.9 Å². The third kappa shape index (κ3) is 4.28. The fourth-order valence-corrected chi connectivity index (χ4v) is 2.79. The minimum atomic E-state index is 0.0268. The van der Waals surface area contributed by atoms with Crippen LogP contribution in [0.1, 0.15) is 26.7 Å². The van der Waals surface area contributed by atoms with Crippen LogP contribution in [0, 0.1) is 5.41 Å². The van der Waals surface area contributed by atoms with E-state index in [1.165, 1.54) is 0 Å². The normalized spacial score (nSPS) is 22.4. The quantitative estimate of drug-likeness (QED) is 0.773. The summed E-state index contributed by atoms with van der Waals surface area (Å²) in [5.74, 6) is 0.269. The van der Waals surface area contributed by atoms with Crippen molar-refractivity contribution in [3.8, 4) is 0 Å². The van der Waals surface area contributed by atoms with E-state index in [2.05, 4.69) is 38.2 Å². The van der Waals surface area contributed by atoms with E-state index in [1.54, 1.807) is 0 Å². The van der Waals surface area contributed by atoms with Crippen LogP contribution in [0.5, 0.6) is 0 Å². The molecule has 0 bridgehead atoms. The Hall–Kier alpha value is -0.610. The lowest BCUT2D eigenvalue weighted by Crippen LogP contribution is -2.53. The SMILES string of the molecule is CNC1CCCN(CC(C)(C)CN(C)C)C1=O. The van der Waals surface area contributed by atoms with Crippen molar-refractivity contribution in [1.82, 2.24) is 15.1 Å². The van der Waals surface area contributed by atoms with Gasteiger partial charge in [0.1, 0.15) is 0 Å². The second-order valence-electron chi connectivity index (χ2n) is 6.15. The second-order valence-corrected chi connectivity index (χ2v) is 6.15. The Bertz CT molecular complexity index is 263. The zero-order valence-corrected chi connectivity index (χ0v) is 11.9.